The fraction of sp³-hybridized carbons (Fsp3) is 0.632. The molecule has 3 aliphatic rings. The number of Topliss-reactive ketones (excluding diaryl/α,β-unsaturated/α-hetero) is 1. The van der Waals surface area contributed by atoms with Crippen molar-refractivity contribution in [2.45, 2.75) is 51.5 Å². The van der Waals surface area contributed by atoms with Crippen LogP contribution in [-0.2, 0) is 5.41 Å². The molecule has 0 amide bonds. The molecule has 1 heterocycles. The fourth-order valence-corrected chi connectivity index (χ4v) is 4.52. The van der Waals surface area contributed by atoms with Gasteiger partial charge in [-0.05, 0) is 55.5 Å². The van der Waals surface area contributed by atoms with Crippen LogP contribution in [-0.4, -0.2) is 29.8 Å². The van der Waals surface area contributed by atoms with Crippen molar-refractivity contribution in [3.63, 3.8) is 0 Å². The molecule has 0 radical (unpaired) electrons. The van der Waals surface area contributed by atoms with Gasteiger partial charge in [-0.2, -0.15) is 0 Å². The standard InChI is InChI=1S/C19H25NO/c1-12-4-7-15-16(10-12)19(3)8-9-20(11-14-5-6-14)17(13(19)2)18(15)21/h4,7,10,13-14,17H,5-6,8-9,11H2,1-3H3/t13-,17?,19-/m0/s1. The van der Waals surface area contributed by atoms with Crippen LogP contribution >= 0.6 is 0 Å². The van der Waals surface area contributed by atoms with Crippen LogP contribution in [0, 0.1) is 18.8 Å². The van der Waals surface area contributed by atoms with Crippen LogP contribution in [0.5, 0.6) is 0 Å². The van der Waals surface area contributed by atoms with Gasteiger partial charge in [0.15, 0.2) is 5.78 Å². The van der Waals surface area contributed by atoms with Gasteiger partial charge in [-0.15, -0.1) is 0 Å². The van der Waals surface area contributed by atoms with Crippen LogP contribution in [0.2, 0.25) is 0 Å². The second-order valence-electron chi connectivity index (χ2n) is 7.75. The molecule has 0 N–H and O–H groups in total. The first kappa shape index (κ1) is 13.5. The Hall–Kier alpha value is -1.15. The number of carbonyl (C=O) groups excluding carboxylic acids is 1. The second kappa shape index (κ2) is 4.42. The Bertz CT molecular complexity index is 604. The van der Waals surface area contributed by atoms with Crippen molar-refractivity contribution in [3.8, 4) is 0 Å². The van der Waals surface area contributed by atoms with Crippen molar-refractivity contribution in [2.75, 3.05) is 13.1 Å². The number of likely N-dealkylation sites (tertiary alicyclic amines) is 1. The van der Waals surface area contributed by atoms with E-state index in [0.29, 0.717) is 11.7 Å². The predicted octanol–water partition coefficient (Wildman–Crippen LogP) is 3.57. The normalized spacial score (nSPS) is 35.7. The van der Waals surface area contributed by atoms with Crippen LogP contribution < -0.4 is 0 Å². The highest BCUT2D eigenvalue weighted by molar-refractivity contribution is 6.03. The van der Waals surface area contributed by atoms with E-state index in [4.69, 9.17) is 0 Å². The highest BCUT2D eigenvalue weighted by Crippen LogP contribution is 2.49. The largest absolute Gasteiger partial charge is 0.293 e. The molecule has 2 heteroatoms. The van der Waals surface area contributed by atoms with Gasteiger partial charge in [-0.3, -0.25) is 9.69 Å². The molecule has 0 spiro atoms. The minimum atomic E-state index is 0.111. The number of benzene rings is 1. The highest BCUT2D eigenvalue weighted by Gasteiger charge is 2.52. The SMILES string of the molecule is Cc1ccc2c(c1)[C@@]1(C)CCN(CC3CC3)C(C2=O)[C@@H]1C. The van der Waals surface area contributed by atoms with Crippen LogP contribution in [0.15, 0.2) is 18.2 Å². The number of aryl methyl sites for hydroxylation is 1. The van der Waals surface area contributed by atoms with Gasteiger partial charge in [0.1, 0.15) is 0 Å². The smallest absolute Gasteiger partial charge is 0.180 e. The molecule has 1 saturated carbocycles. The first-order chi connectivity index (χ1) is 10.0. The Balaban J connectivity index is 1.79. The Morgan fingerprint density at radius 2 is 2.10 bits per heavy atom. The van der Waals surface area contributed by atoms with E-state index in [2.05, 4.69) is 43.9 Å². The van der Waals surface area contributed by atoms with Gasteiger partial charge >= 0.3 is 0 Å². The quantitative estimate of drug-likeness (QED) is 0.827. The van der Waals surface area contributed by atoms with E-state index in [-0.39, 0.29) is 11.5 Å². The molecule has 2 nitrogen and oxygen atoms in total. The number of nitrogens with zero attached hydrogens (tertiary/aromatic N) is 1. The minimum absolute atomic E-state index is 0.111. The third kappa shape index (κ3) is 1.92. The maximum Gasteiger partial charge on any atom is 0.180 e. The summed E-state index contributed by atoms with van der Waals surface area (Å²) in [5.74, 6) is 1.65. The van der Waals surface area contributed by atoms with Gasteiger partial charge in [0, 0.05) is 12.1 Å². The molecule has 112 valence electrons. The first-order valence-corrected chi connectivity index (χ1v) is 8.40. The van der Waals surface area contributed by atoms with Gasteiger partial charge in [-0.1, -0.05) is 37.6 Å². The van der Waals surface area contributed by atoms with Gasteiger partial charge < -0.3 is 0 Å². The lowest BCUT2D eigenvalue weighted by atomic mass is 9.58. The lowest BCUT2D eigenvalue weighted by Crippen LogP contribution is -2.61. The Morgan fingerprint density at radius 3 is 2.81 bits per heavy atom. The highest BCUT2D eigenvalue weighted by atomic mass is 16.1. The van der Waals surface area contributed by atoms with Crippen LogP contribution in [0.25, 0.3) is 0 Å². The van der Waals surface area contributed by atoms with E-state index in [1.165, 1.54) is 30.4 Å². The third-order valence-electron chi connectivity index (χ3n) is 6.30. The molecule has 4 rings (SSSR count). The van der Waals surface area contributed by atoms with E-state index < -0.39 is 0 Å². The second-order valence-corrected chi connectivity index (χ2v) is 7.75. The Kier molecular flexibility index (Phi) is 2.85. The third-order valence-corrected chi connectivity index (χ3v) is 6.30. The number of ketones is 1. The molecular weight excluding hydrogens is 258 g/mol. The van der Waals surface area contributed by atoms with Crippen molar-refractivity contribution in [1.29, 1.82) is 0 Å². The first-order valence-electron chi connectivity index (χ1n) is 8.40. The van der Waals surface area contributed by atoms with E-state index >= 15 is 0 Å². The monoisotopic (exact) mass is 283 g/mol. The van der Waals surface area contributed by atoms with E-state index in [1.54, 1.807) is 0 Å². The van der Waals surface area contributed by atoms with Crippen LogP contribution in [0.4, 0.5) is 0 Å². The predicted molar refractivity (Wildman–Crippen MR) is 84.7 cm³/mol. The number of fused-ring (bicyclic) bond motifs is 4. The zero-order chi connectivity index (χ0) is 14.8. The topological polar surface area (TPSA) is 20.3 Å². The van der Waals surface area contributed by atoms with Gasteiger partial charge in [0.2, 0.25) is 0 Å². The molecule has 2 bridgehead atoms. The summed E-state index contributed by atoms with van der Waals surface area (Å²) in [5, 5.41) is 0. The molecule has 1 aromatic carbocycles. The van der Waals surface area contributed by atoms with E-state index in [0.717, 1.165) is 24.6 Å². The van der Waals surface area contributed by atoms with Crippen molar-refractivity contribution in [2.24, 2.45) is 11.8 Å². The van der Waals surface area contributed by atoms with Gasteiger partial charge in [0.25, 0.3) is 0 Å². The molecule has 21 heavy (non-hydrogen) atoms. The molecule has 2 aliphatic carbocycles. The lowest BCUT2D eigenvalue weighted by Gasteiger charge is -2.53. The summed E-state index contributed by atoms with van der Waals surface area (Å²) in [7, 11) is 0. The molecule has 1 saturated heterocycles. The molecule has 3 atom stereocenters. The molecule has 1 aliphatic heterocycles. The summed E-state index contributed by atoms with van der Waals surface area (Å²) in [6, 6.07) is 6.54. The maximum atomic E-state index is 13.1. The van der Waals surface area contributed by atoms with Crippen molar-refractivity contribution in [3.05, 3.63) is 34.9 Å². The number of hydrogen-bond acceptors (Lipinski definition) is 2. The lowest BCUT2D eigenvalue weighted by molar-refractivity contribution is 0.0266. The van der Waals surface area contributed by atoms with E-state index in [9.17, 15) is 4.79 Å². The zero-order valence-electron chi connectivity index (χ0n) is 13.4. The van der Waals surface area contributed by atoms with Crippen LogP contribution in [0.1, 0.15) is 54.6 Å². The molecule has 1 aromatic rings. The zero-order valence-corrected chi connectivity index (χ0v) is 13.4. The minimum Gasteiger partial charge on any atom is -0.293 e. The Labute approximate surface area is 127 Å². The van der Waals surface area contributed by atoms with Gasteiger partial charge in [-0.25, -0.2) is 0 Å². The van der Waals surface area contributed by atoms with Crippen molar-refractivity contribution in [1.82, 2.24) is 4.90 Å². The van der Waals surface area contributed by atoms with E-state index in [1.807, 2.05) is 0 Å². The average molecular weight is 283 g/mol. The summed E-state index contributed by atoms with van der Waals surface area (Å²) in [6.07, 6.45) is 3.90. The number of piperidine rings is 1. The summed E-state index contributed by atoms with van der Waals surface area (Å²) in [5.41, 5.74) is 3.74. The number of hydrogen-bond donors (Lipinski definition) is 0. The molecule has 2 fully saturated rings. The molecule has 0 aromatic heterocycles. The maximum absolute atomic E-state index is 13.1. The summed E-state index contributed by atoms with van der Waals surface area (Å²) >= 11 is 0. The number of carbonyl (C=O) groups is 1. The molecular formula is C19H25NO. The van der Waals surface area contributed by atoms with Crippen LogP contribution in [0.3, 0.4) is 0 Å². The fourth-order valence-electron chi connectivity index (χ4n) is 4.52. The van der Waals surface area contributed by atoms with Crippen molar-refractivity contribution < 1.29 is 4.79 Å². The van der Waals surface area contributed by atoms with Crippen molar-refractivity contribution >= 4 is 5.78 Å². The number of rotatable bonds is 2. The Morgan fingerprint density at radius 1 is 1.33 bits per heavy atom. The average Bonchev–Trinajstić information content (AvgIpc) is 3.25. The summed E-state index contributed by atoms with van der Waals surface area (Å²) in [4.78, 5) is 15.6. The van der Waals surface area contributed by atoms with Gasteiger partial charge in [0.05, 0.1) is 6.04 Å². The molecule has 1 unspecified atom stereocenters. The summed E-state index contributed by atoms with van der Waals surface area (Å²) in [6.45, 7) is 9.03. The summed E-state index contributed by atoms with van der Waals surface area (Å²) < 4.78 is 0.